The molecule has 1 saturated heterocycles. The number of hydrogen-bond donors (Lipinski definition) is 2. The van der Waals surface area contributed by atoms with Crippen LogP contribution in [-0.4, -0.2) is 53.2 Å². The number of benzene rings is 2. The van der Waals surface area contributed by atoms with Gasteiger partial charge in [0.2, 0.25) is 5.91 Å². The zero-order valence-electron chi connectivity index (χ0n) is 19.3. The molecule has 2 unspecified atom stereocenters. The van der Waals surface area contributed by atoms with Crippen molar-refractivity contribution in [2.45, 2.75) is 50.6 Å². The Kier molecular flexibility index (Phi) is 6.02. The molecule has 0 spiro atoms. The van der Waals surface area contributed by atoms with Crippen LogP contribution in [0.25, 0.3) is 11.1 Å². The van der Waals surface area contributed by atoms with Crippen LogP contribution in [0.15, 0.2) is 48.5 Å². The molecule has 2 amide bonds. The van der Waals surface area contributed by atoms with E-state index in [1.54, 1.807) is 0 Å². The van der Waals surface area contributed by atoms with Gasteiger partial charge in [-0.15, -0.1) is 0 Å². The maximum Gasteiger partial charge on any atom is 0.407 e. The zero-order chi connectivity index (χ0) is 23.8. The lowest BCUT2D eigenvalue weighted by Gasteiger charge is -2.26. The van der Waals surface area contributed by atoms with Crippen molar-refractivity contribution in [2.24, 2.45) is 11.8 Å². The Morgan fingerprint density at radius 3 is 2.29 bits per heavy atom. The monoisotopic (exact) mass is 462 g/mol. The van der Waals surface area contributed by atoms with E-state index < -0.39 is 18.1 Å². The number of carbonyl (C=O) groups is 3. The number of carboxylic acids is 1. The van der Waals surface area contributed by atoms with E-state index >= 15 is 0 Å². The Labute approximate surface area is 199 Å². The van der Waals surface area contributed by atoms with E-state index in [9.17, 15) is 19.5 Å². The second-order valence-corrected chi connectivity index (χ2v) is 9.76. The molecular weight excluding hydrogens is 432 g/mol. The van der Waals surface area contributed by atoms with Gasteiger partial charge in [0.15, 0.2) is 0 Å². The number of nitrogens with one attached hydrogen (secondary N) is 1. The van der Waals surface area contributed by atoms with E-state index in [2.05, 4.69) is 29.6 Å². The van der Waals surface area contributed by atoms with E-state index in [4.69, 9.17) is 4.74 Å². The number of rotatable bonds is 5. The van der Waals surface area contributed by atoms with E-state index in [1.165, 1.54) is 16.0 Å². The summed E-state index contributed by atoms with van der Waals surface area (Å²) in [6.07, 6.45) is 2.07. The number of nitrogens with zero attached hydrogens (tertiary/aromatic N) is 1. The van der Waals surface area contributed by atoms with Gasteiger partial charge >= 0.3 is 12.1 Å². The van der Waals surface area contributed by atoms with Crippen molar-refractivity contribution in [1.82, 2.24) is 10.2 Å². The molecule has 0 radical (unpaired) electrons. The maximum atomic E-state index is 13.0. The number of ether oxygens (including phenoxy) is 1. The van der Waals surface area contributed by atoms with Crippen LogP contribution in [0.2, 0.25) is 0 Å². The van der Waals surface area contributed by atoms with Crippen molar-refractivity contribution in [1.29, 1.82) is 0 Å². The van der Waals surface area contributed by atoms with Crippen LogP contribution in [-0.2, 0) is 14.3 Å². The van der Waals surface area contributed by atoms with Gasteiger partial charge in [-0.05, 0) is 53.9 Å². The molecule has 5 rings (SSSR count). The van der Waals surface area contributed by atoms with Gasteiger partial charge in [0, 0.05) is 24.4 Å². The van der Waals surface area contributed by atoms with E-state index in [-0.39, 0.29) is 36.3 Å². The molecule has 7 heteroatoms. The number of fused-ring (bicyclic) bond motifs is 3. The largest absolute Gasteiger partial charge is 0.480 e. The van der Waals surface area contributed by atoms with Gasteiger partial charge in [-0.25, -0.2) is 9.59 Å². The molecule has 2 aliphatic carbocycles. The number of amides is 2. The topological polar surface area (TPSA) is 95.9 Å². The van der Waals surface area contributed by atoms with Crippen LogP contribution < -0.4 is 5.32 Å². The van der Waals surface area contributed by atoms with E-state index in [0.717, 1.165) is 11.1 Å². The van der Waals surface area contributed by atoms with Crippen molar-refractivity contribution >= 4 is 18.0 Å². The first-order chi connectivity index (χ1) is 16.4. The minimum atomic E-state index is -0.940. The number of likely N-dealkylation sites (tertiary alicyclic amines) is 1. The third kappa shape index (κ3) is 4.04. The Morgan fingerprint density at radius 1 is 1.00 bits per heavy atom. The quantitative estimate of drug-likeness (QED) is 0.700. The molecule has 2 aromatic rings. The Bertz CT molecular complexity index is 1070. The normalized spacial score (nSPS) is 25.6. The predicted octanol–water partition coefficient (Wildman–Crippen LogP) is 4.02. The first-order valence-electron chi connectivity index (χ1n) is 12.1. The minimum absolute atomic E-state index is 0.00108. The summed E-state index contributed by atoms with van der Waals surface area (Å²) in [4.78, 5) is 38.7. The van der Waals surface area contributed by atoms with Gasteiger partial charge in [-0.3, -0.25) is 4.79 Å². The lowest BCUT2D eigenvalue weighted by molar-refractivity contribution is -0.151. The third-order valence-electron chi connectivity index (χ3n) is 7.68. The molecule has 34 heavy (non-hydrogen) atoms. The molecule has 1 saturated carbocycles. The highest BCUT2D eigenvalue weighted by Crippen LogP contribution is 2.44. The van der Waals surface area contributed by atoms with Crippen LogP contribution in [0.4, 0.5) is 4.79 Å². The molecule has 2 N–H and O–H groups in total. The summed E-state index contributed by atoms with van der Waals surface area (Å²) in [5.74, 6) is -1.34. The number of carboxylic acid groups (broad SMARTS) is 1. The Morgan fingerprint density at radius 2 is 1.65 bits per heavy atom. The maximum absolute atomic E-state index is 13.0. The number of carbonyl (C=O) groups excluding carboxylic acids is 2. The van der Waals surface area contributed by atoms with Crippen LogP contribution in [0.5, 0.6) is 0 Å². The molecule has 4 atom stereocenters. The van der Waals surface area contributed by atoms with Gasteiger partial charge in [0.25, 0.3) is 0 Å². The second kappa shape index (κ2) is 9.12. The predicted molar refractivity (Wildman–Crippen MR) is 126 cm³/mol. The average molecular weight is 463 g/mol. The SMILES string of the molecule is CC1CCN(C(=O)[C@@H]2CC[C@H](NC(=O)OCC3c4ccccc4-c4ccccc43)C2)C1C(=O)O. The summed E-state index contributed by atoms with van der Waals surface area (Å²) < 4.78 is 5.64. The van der Waals surface area contributed by atoms with Crippen molar-refractivity contribution < 1.29 is 24.2 Å². The van der Waals surface area contributed by atoms with E-state index in [1.807, 2.05) is 31.2 Å². The Balaban J connectivity index is 1.16. The number of alkyl carbamates (subject to hydrolysis) is 1. The lowest BCUT2D eigenvalue weighted by atomic mass is 9.98. The van der Waals surface area contributed by atoms with Crippen molar-refractivity contribution in [3.63, 3.8) is 0 Å². The smallest absolute Gasteiger partial charge is 0.407 e. The first-order valence-corrected chi connectivity index (χ1v) is 12.1. The Hall–Kier alpha value is -3.35. The molecule has 1 heterocycles. The van der Waals surface area contributed by atoms with Gasteiger partial charge in [-0.1, -0.05) is 55.5 Å². The molecule has 0 aromatic heterocycles. The van der Waals surface area contributed by atoms with Gasteiger partial charge < -0.3 is 20.1 Å². The van der Waals surface area contributed by atoms with Gasteiger partial charge in [-0.2, -0.15) is 0 Å². The van der Waals surface area contributed by atoms with Crippen molar-refractivity contribution in [3.8, 4) is 11.1 Å². The van der Waals surface area contributed by atoms with Crippen molar-refractivity contribution in [2.75, 3.05) is 13.2 Å². The van der Waals surface area contributed by atoms with Crippen LogP contribution in [0.3, 0.4) is 0 Å². The zero-order valence-corrected chi connectivity index (χ0v) is 19.3. The number of hydrogen-bond acceptors (Lipinski definition) is 4. The average Bonchev–Trinajstić information content (AvgIpc) is 3.53. The lowest BCUT2D eigenvalue weighted by Crippen LogP contribution is -2.45. The third-order valence-corrected chi connectivity index (χ3v) is 7.68. The fraction of sp³-hybridized carbons (Fsp3) is 0.444. The second-order valence-electron chi connectivity index (χ2n) is 9.76. The van der Waals surface area contributed by atoms with E-state index in [0.29, 0.717) is 32.2 Å². The summed E-state index contributed by atoms with van der Waals surface area (Å²) in [5, 5.41) is 12.4. The fourth-order valence-electron chi connectivity index (χ4n) is 5.95. The molecule has 3 aliphatic rings. The fourth-order valence-corrected chi connectivity index (χ4v) is 5.95. The minimum Gasteiger partial charge on any atom is -0.480 e. The highest BCUT2D eigenvalue weighted by atomic mass is 16.5. The molecule has 2 fully saturated rings. The molecule has 2 aromatic carbocycles. The molecule has 0 bridgehead atoms. The summed E-state index contributed by atoms with van der Waals surface area (Å²) in [7, 11) is 0. The first kappa shape index (κ1) is 22.4. The standard InChI is InChI=1S/C27H30N2O5/c1-16-12-13-29(24(16)26(31)32)25(30)17-10-11-18(14-17)28-27(33)34-15-23-21-8-4-2-6-19(21)20-7-3-5-9-22(20)23/h2-9,16-18,23-24H,10-15H2,1H3,(H,28,33)(H,31,32)/t16?,17-,18+,24?/m1/s1. The molecule has 1 aliphatic heterocycles. The van der Waals surface area contributed by atoms with Crippen LogP contribution in [0, 0.1) is 11.8 Å². The van der Waals surface area contributed by atoms with Gasteiger partial charge in [0.1, 0.15) is 12.6 Å². The molecular formula is C27H30N2O5. The van der Waals surface area contributed by atoms with Crippen LogP contribution >= 0.6 is 0 Å². The highest BCUT2D eigenvalue weighted by molar-refractivity contribution is 5.86. The number of aliphatic carboxylic acids is 1. The van der Waals surface area contributed by atoms with Crippen LogP contribution in [0.1, 0.15) is 49.7 Å². The summed E-state index contributed by atoms with van der Waals surface area (Å²) in [5.41, 5.74) is 4.69. The summed E-state index contributed by atoms with van der Waals surface area (Å²) in [6.45, 7) is 2.61. The van der Waals surface area contributed by atoms with Gasteiger partial charge in [0.05, 0.1) is 0 Å². The highest BCUT2D eigenvalue weighted by Gasteiger charge is 2.43. The molecule has 7 nitrogen and oxygen atoms in total. The summed E-state index contributed by atoms with van der Waals surface area (Å²) >= 11 is 0. The summed E-state index contributed by atoms with van der Waals surface area (Å²) in [6, 6.07) is 15.5. The van der Waals surface area contributed by atoms with Crippen molar-refractivity contribution in [3.05, 3.63) is 59.7 Å². The molecule has 178 valence electrons.